The van der Waals surface area contributed by atoms with E-state index in [9.17, 15) is 0 Å². The highest BCUT2D eigenvalue weighted by molar-refractivity contribution is 5.03. The molecule has 2 N–H and O–H groups in total. The first-order valence-electron chi connectivity index (χ1n) is 9.12. The van der Waals surface area contributed by atoms with Gasteiger partial charge in [-0.3, -0.25) is 9.80 Å². The molecule has 0 aromatic carbocycles. The first-order valence-corrected chi connectivity index (χ1v) is 9.12. The quantitative estimate of drug-likeness (QED) is 0.849. The number of rotatable bonds is 4. The fourth-order valence-electron chi connectivity index (χ4n) is 4.97. The number of piperidine rings is 1. The summed E-state index contributed by atoms with van der Waals surface area (Å²) in [6.07, 6.45) is 6.59. The molecule has 2 atom stereocenters. The van der Waals surface area contributed by atoms with E-state index in [1.165, 1.54) is 71.4 Å². The summed E-state index contributed by atoms with van der Waals surface area (Å²) in [5.74, 6) is 0. The van der Waals surface area contributed by atoms with Crippen molar-refractivity contribution in [2.75, 3.05) is 45.8 Å². The van der Waals surface area contributed by atoms with Gasteiger partial charge in [-0.1, -0.05) is 6.92 Å². The SMILES string of the molecule is CCCN1CCC(CN)(N2CC3CCCN3CC2C)CC1. The Labute approximate surface area is 130 Å². The second-order valence-corrected chi connectivity index (χ2v) is 7.56. The zero-order chi connectivity index (χ0) is 14.9. The van der Waals surface area contributed by atoms with Gasteiger partial charge < -0.3 is 10.6 Å². The van der Waals surface area contributed by atoms with Crippen LogP contribution in [0.2, 0.25) is 0 Å². The molecule has 3 rings (SSSR count). The zero-order valence-corrected chi connectivity index (χ0v) is 14.1. The van der Waals surface area contributed by atoms with Crippen LogP contribution in [0.25, 0.3) is 0 Å². The highest BCUT2D eigenvalue weighted by Gasteiger charge is 2.45. The van der Waals surface area contributed by atoms with Gasteiger partial charge >= 0.3 is 0 Å². The van der Waals surface area contributed by atoms with Gasteiger partial charge in [0.1, 0.15) is 0 Å². The molecule has 0 bridgehead atoms. The van der Waals surface area contributed by atoms with E-state index in [-0.39, 0.29) is 5.54 Å². The maximum atomic E-state index is 6.31. The van der Waals surface area contributed by atoms with Gasteiger partial charge in [-0.2, -0.15) is 0 Å². The van der Waals surface area contributed by atoms with E-state index >= 15 is 0 Å². The molecule has 0 aliphatic carbocycles. The third-order valence-corrected chi connectivity index (χ3v) is 6.25. The Morgan fingerprint density at radius 1 is 1.14 bits per heavy atom. The van der Waals surface area contributed by atoms with E-state index in [4.69, 9.17) is 5.73 Å². The molecule has 0 amide bonds. The molecule has 4 heteroatoms. The van der Waals surface area contributed by atoms with Crippen LogP contribution in [0, 0.1) is 0 Å². The lowest BCUT2D eigenvalue weighted by Gasteiger charge is -2.55. The van der Waals surface area contributed by atoms with Gasteiger partial charge in [0.25, 0.3) is 0 Å². The molecule has 2 unspecified atom stereocenters. The molecule has 0 aromatic rings. The Hall–Kier alpha value is -0.160. The monoisotopic (exact) mass is 294 g/mol. The topological polar surface area (TPSA) is 35.7 Å². The number of fused-ring (bicyclic) bond motifs is 1. The molecule has 122 valence electrons. The molecule has 3 saturated heterocycles. The molecule has 3 heterocycles. The van der Waals surface area contributed by atoms with Crippen LogP contribution < -0.4 is 5.73 Å². The second kappa shape index (κ2) is 6.53. The normalized spacial score (nSPS) is 35.0. The highest BCUT2D eigenvalue weighted by Crippen LogP contribution is 2.35. The molecule has 21 heavy (non-hydrogen) atoms. The van der Waals surface area contributed by atoms with E-state index in [1.807, 2.05) is 0 Å². The first-order chi connectivity index (χ1) is 10.2. The Kier molecular flexibility index (Phi) is 4.89. The van der Waals surface area contributed by atoms with Crippen LogP contribution in [0.15, 0.2) is 0 Å². The third kappa shape index (κ3) is 3.00. The Bertz CT molecular complexity index is 338. The maximum absolute atomic E-state index is 6.31. The van der Waals surface area contributed by atoms with E-state index < -0.39 is 0 Å². The zero-order valence-electron chi connectivity index (χ0n) is 14.1. The number of likely N-dealkylation sites (tertiary alicyclic amines) is 1. The number of hydrogen-bond acceptors (Lipinski definition) is 4. The van der Waals surface area contributed by atoms with Crippen LogP contribution >= 0.6 is 0 Å². The lowest BCUT2D eigenvalue weighted by atomic mass is 9.83. The summed E-state index contributed by atoms with van der Waals surface area (Å²) >= 11 is 0. The predicted octanol–water partition coefficient (Wildman–Crippen LogP) is 1.36. The molecular formula is C17H34N4. The molecule has 0 aromatic heterocycles. The Balaban J connectivity index is 1.68. The minimum atomic E-state index is 0.276. The van der Waals surface area contributed by atoms with Crippen molar-refractivity contribution < 1.29 is 0 Å². The molecular weight excluding hydrogens is 260 g/mol. The Morgan fingerprint density at radius 2 is 1.90 bits per heavy atom. The average molecular weight is 294 g/mol. The second-order valence-electron chi connectivity index (χ2n) is 7.56. The van der Waals surface area contributed by atoms with Crippen molar-refractivity contribution in [3.8, 4) is 0 Å². The lowest BCUT2D eigenvalue weighted by molar-refractivity contribution is -0.0489. The molecule has 3 fully saturated rings. The van der Waals surface area contributed by atoms with Gasteiger partial charge in [-0.05, 0) is 65.2 Å². The van der Waals surface area contributed by atoms with E-state index in [0.29, 0.717) is 6.04 Å². The maximum Gasteiger partial charge on any atom is 0.0360 e. The first kappa shape index (κ1) is 15.7. The molecule has 3 aliphatic rings. The predicted molar refractivity (Wildman–Crippen MR) is 88.5 cm³/mol. The van der Waals surface area contributed by atoms with Crippen molar-refractivity contribution >= 4 is 0 Å². The van der Waals surface area contributed by atoms with Gasteiger partial charge in [0, 0.05) is 37.3 Å². The Morgan fingerprint density at radius 3 is 2.57 bits per heavy atom. The van der Waals surface area contributed by atoms with Gasteiger partial charge in [-0.25, -0.2) is 0 Å². The van der Waals surface area contributed by atoms with Gasteiger partial charge in [0.05, 0.1) is 0 Å². The summed E-state index contributed by atoms with van der Waals surface area (Å²) in [7, 11) is 0. The number of piperazine rings is 1. The largest absolute Gasteiger partial charge is 0.329 e. The van der Waals surface area contributed by atoms with Crippen molar-refractivity contribution in [2.45, 2.75) is 63.6 Å². The van der Waals surface area contributed by atoms with E-state index in [0.717, 1.165) is 12.6 Å². The summed E-state index contributed by atoms with van der Waals surface area (Å²) in [6, 6.07) is 1.47. The van der Waals surface area contributed by atoms with Crippen molar-refractivity contribution in [1.29, 1.82) is 0 Å². The van der Waals surface area contributed by atoms with Crippen molar-refractivity contribution in [1.82, 2.24) is 14.7 Å². The molecule has 4 nitrogen and oxygen atoms in total. The minimum absolute atomic E-state index is 0.276. The summed E-state index contributed by atoms with van der Waals surface area (Å²) in [6.45, 7) is 13.1. The number of hydrogen-bond donors (Lipinski definition) is 1. The van der Waals surface area contributed by atoms with E-state index in [1.54, 1.807) is 0 Å². The van der Waals surface area contributed by atoms with Gasteiger partial charge in [0.2, 0.25) is 0 Å². The van der Waals surface area contributed by atoms with Crippen LogP contribution in [0.3, 0.4) is 0 Å². The standard InChI is InChI=1S/C17H34N4/c1-3-8-19-10-6-17(14-18,7-11-19)21-13-16-5-4-9-20(16)12-15(21)2/h15-16H,3-14,18H2,1-2H3. The summed E-state index contributed by atoms with van der Waals surface area (Å²) < 4.78 is 0. The van der Waals surface area contributed by atoms with Gasteiger partial charge in [0.15, 0.2) is 0 Å². The summed E-state index contributed by atoms with van der Waals surface area (Å²) in [5, 5.41) is 0. The van der Waals surface area contributed by atoms with E-state index in [2.05, 4.69) is 28.5 Å². The summed E-state index contributed by atoms with van der Waals surface area (Å²) in [4.78, 5) is 8.16. The summed E-state index contributed by atoms with van der Waals surface area (Å²) in [5.41, 5.74) is 6.59. The van der Waals surface area contributed by atoms with Crippen LogP contribution in [0.4, 0.5) is 0 Å². The average Bonchev–Trinajstić information content (AvgIpc) is 2.95. The van der Waals surface area contributed by atoms with Crippen LogP contribution in [-0.4, -0.2) is 78.1 Å². The highest BCUT2D eigenvalue weighted by atomic mass is 15.4. The number of nitrogens with two attached hydrogens (primary N) is 1. The molecule has 0 radical (unpaired) electrons. The van der Waals surface area contributed by atoms with Gasteiger partial charge in [-0.15, -0.1) is 0 Å². The molecule has 0 saturated carbocycles. The molecule has 0 spiro atoms. The minimum Gasteiger partial charge on any atom is -0.329 e. The fraction of sp³-hybridized carbons (Fsp3) is 1.00. The fourth-order valence-corrected chi connectivity index (χ4v) is 4.97. The van der Waals surface area contributed by atoms with Crippen LogP contribution in [0.1, 0.15) is 46.0 Å². The van der Waals surface area contributed by atoms with Crippen molar-refractivity contribution in [3.63, 3.8) is 0 Å². The molecule has 3 aliphatic heterocycles. The smallest absolute Gasteiger partial charge is 0.0360 e. The van der Waals surface area contributed by atoms with Crippen molar-refractivity contribution in [3.05, 3.63) is 0 Å². The number of nitrogens with zero attached hydrogens (tertiary/aromatic N) is 3. The van der Waals surface area contributed by atoms with Crippen LogP contribution in [-0.2, 0) is 0 Å². The lowest BCUT2D eigenvalue weighted by Crippen LogP contribution is -2.67. The van der Waals surface area contributed by atoms with Crippen LogP contribution in [0.5, 0.6) is 0 Å². The third-order valence-electron chi connectivity index (χ3n) is 6.25. The van der Waals surface area contributed by atoms with Crippen molar-refractivity contribution in [2.24, 2.45) is 5.73 Å².